The highest BCUT2D eigenvalue weighted by Gasteiger charge is 2.29. The Kier molecular flexibility index (Phi) is 9.99. The number of thioether (sulfide) groups is 1. The van der Waals surface area contributed by atoms with Gasteiger partial charge in [0.1, 0.15) is 6.61 Å². The number of ether oxygens (including phenoxy) is 2. The Hall–Kier alpha value is -3.82. The van der Waals surface area contributed by atoms with E-state index in [9.17, 15) is 19.5 Å². The van der Waals surface area contributed by atoms with E-state index in [0.29, 0.717) is 12.3 Å². The van der Waals surface area contributed by atoms with Crippen LogP contribution in [0.25, 0.3) is 11.1 Å². The zero-order valence-corrected chi connectivity index (χ0v) is 22.5. The van der Waals surface area contributed by atoms with E-state index in [2.05, 4.69) is 34.9 Å². The molecule has 3 N–H and O–H groups in total. The van der Waals surface area contributed by atoms with Crippen LogP contribution >= 0.6 is 11.8 Å². The smallest absolute Gasteiger partial charge is 0.407 e. The monoisotopic (exact) mass is 548 g/mol. The molecule has 1 aliphatic carbocycles. The molecule has 2 amide bonds. The number of amides is 2. The number of hydrogen-bond donors (Lipinski definition) is 3. The molecular weight excluding hydrogens is 516 g/mol. The molecule has 3 aromatic carbocycles. The Bertz CT molecular complexity index is 1240. The first kappa shape index (κ1) is 28.2. The van der Waals surface area contributed by atoms with Crippen molar-refractivity contribution in [2.24, 2.45) is 0 Å². The lowest BCUT2D eigenvalue weighted by Gasteiger charge is -2.22. The van der Waals surface area contributed by atoms with Crippen LogP contribution < -0.4 is 10.6 Å². The minimum absolute atomic E-state index is 0.0116. The maximum atomic E-state index is 12.3. The van der Waals surface area contributed by atoms with E-state index in [0.717, 1.165) is 16.7 Å². The highest BCUT2D eigenvalue weighted by Crippen LogP contribution is 2.44. The maximum Gasteiger partial charge on any atom is 0.407 e. The molecule has 1 aliphatic rings. The standard InChI is InChI=1S/C30H32N2O6S/c1-20(37-17-21-9-3-2-4-10-21)28(29(34)35)32-27(33)19-39-16-15-31-30(36)38-18-26-24-13-7-5-11-22(24)23-12-6-8-14-25(23)26/h2-14,20,26,28H,15-19H2,1H3,(H,31,36)(H,32,33)(H,34,35)/t20-,28+/m0/s1. The molecule has 0 saturated heterocycles. The van der Waals surface area contributed by atoms with Crippen LogP contribution in [-0.2, 0) is 25.7 Å². The van der Waals surface area contributed by atoms with Gasteiger partial charge in [0.2, 0.25) is 5.91 Å². The fourth-order valence-electron chi connectivity index (χ4n) is 4.53. The fraction of sp³-hybridized carbons (Fsp3) is 0.300. The molecule has 0 aliphatic heterocycles. The van der Waals surface area contributed by atoms with Crippen molar-refractivity contribution >= 4 is 29.7 Å². The van der Waals surface area contributed by atoms with Crippen molar-refractivity contribution in [3.63, 3.8) is 0 Å². The van der Waals surface area contributed by atoms with Gasteiger partial charge in [-0.05, 0) is 34.7 Å². The summed E-state index contributed by atoms with van der Waals surface area (Å²) in [6.07, 6.45) is -1.23. The van der Waals surface area contributed by atoms with Crippen molar-refractivity contribution in [2.75, 3.05) is 24.7 Å². The third kappa shape index (κ3) is 7.61. The summed E-state index contributed by atoms with van der Waals surface area (Å²) in [4.78, 5) is 36.3. The number of fused-ring (bicyclic) bond motifs is 3. The minimum atomic E-state index is -1.17. The summed E-state index contributed by atoms with van der Waals surface area (Å²) < 4.78 is 11.2. The molecule has 0 aromatic heterocycles. The molecule has 0 spiro atoms. The van der Waals surface area contributed by atoms with Gasteiger partial charge in [0.15, 0.2) is 6.04 Å². The Balaban J connectivity index is 1.14. The molecule has 204 valence electrons. The summed E-state index contributed by atoms with van der Waals surface area (Å²) >= 11 is 1.29. The SMILES string of the molecule is C[C@H](OCc1ccccc1)[C@@H](NC(=O)CSCCNC(=O)OCC1c2ccccc2-c2ccccc21)C(=O)O. The van der Waals surface area contributed by atoms with Gasteiger partial charge < -0.3 is 25.2 Å². The lowest BCUT2D eigenvalue weighted by molar-refractivity contribution is -0.146. The van der Waals surface area contributed by atoms with E-state index in [1.54, 1.807) is 6.92 Å². The van der Waals surface area contributed by atoms with E-state index < -0.39 is 30.1 Å². The molecule has 9 heteroatoms. The van der Waals surface area contributed by atoms with E-state index in [4.69, 9.17) is 9.47 Å². The number of carboxylic acid groups (broad SMARTS) is 1. The molecular formula is C30H32N2O6S. The Morgan fingerprint density at radius 3 is 2.18 bits per heavy atom. The van der Waals surface area contributed by atoms with Crippen LogP contribution in [0.5, 0.6) is 0 Å². The second-order valence-electron chi connectivity index (χ2n) is 9.19. The highest BCUT2D eigenvalue weighted by molar-refractivity contribution is 7.99. The molecule has 0 heterocycles. The van der Waals surface area contributed by atoms with E-state index >= 15 is 0 Å². The van der Waals surface area contributed by atoms with Crippen molar-refractivity contribution in [1.29, 1.82) is 0 Å². The van der Waals surface area contributed by atoms with Gasteiger partial charge in [-0.25, -0.2) is 9.59 Å². The Morgan fingerprint density at radius 2 is 1.54 bits per heavy atom. The van der Waals surface area contributed by atoms with Gasteiger partial charge in [0.05, 0.1) is 18.5 Å². The predicted molar refractivity (Wildman–Crippen MR) is 151 cm³/mol. The number of nitrogens with one attached hydrogen (secondary N) is 2. The number of carbonyl (C=O) groups is 3. The lowest BCUT2D eigenvalue weighted by Crippen LogP contribution is -2.49. The summed E-state index contributed by atoms with van der Waals surface area (Å²) in [5.41, 5.74) is 5.54. The van der Waals surface area contributed by atoms with E-state index in [1.165, 1.54) is 22.9 Å². The molecule has 8 nitrogen and oxygen atoms in total. The molecule has 2 atom stereocenters. The van der Waals surface area contributed by atoms with Gasteiger partial charge in [-0.1, -0.05) is 78.9 Å². The first-order valence-electron chi connectivity index (χ1n) is 12.8. The Labute approximate surface area is 232 Å². The summed E-state index contributed by atoms with van der Waals surface area (Å²) in [5, 5.41) is 14.8. The molecule has 0 radical (unpaired) electrons. The van der Waals surface area contributed by atoms with Crippen molar-refractivity contribution in [3.05, 3.63) is 95.6 Å². The van der Waals surface area contributed by atoms with Crippen molar-refractivity contribution < 1.29 is 29.0 Å². The molecule has 39 heavy (non-hydrogen) atoms. The van der Waals surface area contributed by atoms with Crippen LogP contribution in [0, 0.1) is 0 Å². The summed E-state index contributed by atoms with van der Waals surface area (Å²) in [6.45, 7) is 2.41. The molecule has 0 unspecified atom stereocenters. The van der Waals surface area contributed by atoms with Gasteiger partial charge in [-0.15, -0.1) is 0 Å². The summed E-state index contributed by atoms with van der Waals surface area (Å²) in [6, 6.07) is 24.5. The average molecular weight is 549 g/mol. The molecule has 0 fully saturated rings. The number of aliphatic carboxylic acids is 1. The molecule has 4 rings (SSSR count). The van der Waals surface area contributed by atoms with E-state index in [1.807, 2.05) is 54.6 Å². The third-order valence-electron chi connectivity index (χ3n) is 6.50. The van der Waals surface area contributed by atoms with Crippen molar-refractivity contribution in [2.45, 2.75) is 31.6 Å². The van der Waals surface area contributed by atoms with E-state index in [-0.39, 0.29) is 24.9 Å². The second-order valence-corrected chi connectivity index (χ2v) is 10.3. The average Bonchev–Trinajstić information content (AvgIpc) is 3.27. The lowest BCUT2D eigenvalue weighted by atomic mass is 9.98. The normalized spacial score (nSPS) is 13.6. The van der Waals surface area contributed by atoms with Crippen LogP contribution in [0.1, 0.15) is 29.5 Å². The van der Waals surface area contributed by atoms with Crippen molar-refractivity contribution in [1.82, 2.24) is 10.6 Å². The first-order valence-corrected chi connectivity index (χ1v) is 13.9. The summed E-state index contributed by atoms with van der Waals surface area (Å²) in [5.74, 6) is -1.06. The predicted octanol–water partition coefficient (Wildman–Crippen LogP) is 4.43. The fourth-order valence-corrected chi connectivity index (χ4v) is 5.19. The van der Waals surface area contributed by atoms with Crippen LogP contribution in [0.4, 0.5) is 4.79 Å². The molecule has 0 saturated carbocycles. The first-order chi connectivity index (χ1) is 18.9. The quantitative estimate of drug-likeness (QED) is 0.271. The zero-order chi connectivity index (χ0) is 27.6. The number of benzene rings is 3. The molecule has 3 aromatic rings. The number of rotatable bonds is 13. The Morgan fingerprint density at radius 1 is 0.923 bits per heavy atom. The van der Waals surface area contributed by atoms with Gasteiger partial charge in [0.25, 0.3) is 0 Å². The third-order valence-corrected chi connectivity index (χ3v) is 7.46. The molecule has 0 bridgehead atoms. The number of carbonyl (C=O) groups excluding carboxylic acids is 2. The minimum Gasteiger partial charge on any atom is -0.480 e. The van der Waals surface area contributed by atoms with Gasteiger partial charge >= 0.3 is 12.1 Å². The number of hydrogen-bond acceptors (Lipinski definition) is 6. The summed E-state index contributed by atoms with van der Waals surface area (Å²) in [7, 11) is 0. The van der Waals surface area contributed by atoms with Gasteiger partial charge in [-0.2, -0.15) is 11.8 Å². The highest BCUT2D eigenvalue weighted by atomic mass is 32.2. The van der Waals surface area contributed by atoms with Gasteiger partial charge in [-0.3, -0.25) is 4.79 Å². The van der Waals surface area contributed by atoms with Gasteiger partial charge in [0, 0.05) is 18.2 Å². The van der Waals surface area contributed by atoms with Crippen LogP contribution in [-0.4, -0.2) is 59.9 Å². The largest absolute Gasteiger partial charge is 0.480 e. The second kappa shape index (κ2) is 13.8. The number of alkyl carbamates (subject to hydrolysis) is 1. The maximum absolute atomic E-state index is 12.3. The van der Waals surface area contributed by atoms with Crippen molar-refractivity contribution in [3.8, 4) is 11.1 Å². The zero-order valence-electron chi connectivity index (χ0n) is 21.7. The number of carboxylic acids is 1. The van der Waals surface area contributed by atoms with Crippen LogP contribution in [0.15, 0.2) is 78.9 Å². The van der Waals surface area contributed by atoms with Crippen LogP contribution in [0.2, 0.25) is 0 Å². The topological polar surface area (TPSA) is 114 Å². The van der Waals surface area contributed by atoms with Crippen LogP contribution in [0.3, 0.4) is 0 Å².